The highest BCUT2D eigenvalue weighted by atomic mass is 16.3. The number of phenolic OH excluding ortho intramolecular Hbond substituents is 1. The molecule has 1 heterocycles. The van der Waals surface area contributed by atoms with E-state index < -0.39 is 0 Å². The van der Waals surface area contributed by atoms with Gasteiger partial charge in [-0.3, -0.25) is 9.89 Å². The Bertz CT molecular complexity index is 781. The first-order valence-electron chi connectivity index (χ1n) is 6.60. The van der Waals surface area contributed by atoms with Gasteiger partial charge < -0.3 is 10.0 Å². The highest BCUT2D eigenvalue weighted by molar-refractivity contribution is 6.01. The molecule has 2 aromatic carbocycles. The molecule has 0 radical (unpaired) electrons. The first-order valence-corrected chi connectivity index (χ1v) is 6.60. The summed E-state index contributed by atoms with van der Waals surface area (Å²) in [5.41, 5.74) is 1.21. The number of rotatable bonds is 3. The van der Waals surface area contributed by atoms with Crippen LogP contribution in [-0.2, 0) is 6.54 Å². The molecule has 0 aliphatic rings. The van der Waals surface area contributed by atoms with Crippen LogP contribution in [0.3, 0.4) is 0 Å². The molecule has 0 fully saturated rings. The molecule has 3 aromatic rings. The number of carbonyl (C=O) groups is 1. The van der Waals surface area contributed by atoms with E-state index in [2.05, 4.69) is 10.2 Å². The Kier molecular flexibility index (Phi) is 3.31. The quantitative estimate of drug-likeness (QED) is 0.775. The second-order valence-electron chi connectivity index (χ2n) is 4.98. The second-order valence-corrected chi connectivity index (χ2v) is 4.98. The molecule has 0 bridgehead atoms. The molecule has 0 saturated carbocycles. The third kappa shape index (κ3) is 2.58. The van der Waals surface area contributed by atoms with Gasteiger partial charge in [0.15, 0.2) is 0 Å². The predicted molar refractivity (Wildman–Crippen MR) is 80.0 cm³/mol. The fourth-order valence-electron chi connectivity index (χ4n) is 2.31. The van der Waals surface area contributed by atoms with Gasteiger partial charge in [-0.1, -0.05) is 24.3 Å². The molecule has 5 heteroatoms. The second kappa shape index (κ2) is 5.28. The molecule has 21 heavy (non-hydrogen) atoms. The van der Waals surface area contributed by atoms with Gasteiger partial charge in [-0.05, 0) is 22.9 Å². The number of fused-ring (bicyclic) bond motifs is 1. The number of aromatic hydroxyl groups is 1. The summed E-state index contributed by atoms with van der Waals surface area (Å²) >= 11 is 0. The zero-order chi connectivity index (χ0) is 14.8. The van der Waals surface area contributed by atoms with E-state index in [-0.39, 0.29) is 11.7 Å². The van der Waals surface area contributed by atoms with Gasteiger partial charge in [-0.25, -0.2) is 0 Å². The summed E-state index contributed by atoms with van der Waals surface area (Å²) in [7, 11) is 1.70. The van der Waals surface area contributed by atoms with Crippen molar-refractivity contribution in [1.82, 2.24) is 15.1 Å². The van der Waals surface area contributed by atoms with E-state index in [4.69, 9.17) is 0 Å². The van der Waals surface area contributed by atoms with E-state index in [0.29, 0.717) is 12.1 Å². The van der Waals surface area contributed by atoms with Crippen LogP contribution >= 0.6 is 0 Å². The van der Waals surface area contributed by atoms with Gasteiger partial charge in [0.1, 0.15) is 5.75 Å². The lowest BCUT2D eigenvalue weighted by atomic mass is 10.0. The SMILES string of the molecule is CN(Cc1cn[nH]c1)C(=O)c1cc2ccccc2cc1O. The van der Waals surface area contributed by atoms with Crippen LogP contribution in [0.15, 0.2) is 48.8 Å². The van der Waals surface area contributed by atoms with Crippen molar-refractivity contribution in [2.45, 2.75) is 6.54 Å². The van der Waals surface area contributed by atoms with Gasteiger partial charge in [0.2, 0.25) is 0 Å². The normalized spacial score (nSPS) is 10.7. The van der Waals surface area contributed by atoms with Gasteiger partial charge in [0.05, 0.1) is 11.8 Å². The molecule has 0 atom stereocenters. The minimum Gasteiger partial charge on any atom is -0.507 e. The van der Waals surface area contributed by atoms with Crippen molar-refractivity contribution < 1.29 is 9.90 Å². The van der Waals surface area contributed by atoms with Gasteiger partial charge in [-0.2, -0.15) is 5.10 Å². The van der Waals surface area contributed by atoms with Crippen molar-refractivity contribution in [3.63, 3.8) is 0 Å². The highest BCUT2D eigenvalue weighted by Gasteiger charge is 2.17. The molecule has 5 nitrogen and oxygen atoms in total. The molecule has 2 N–H and O–H groups in total. The van der Waals surface area contributed by atoms with E-state index in [0.717, 1.165) is 16.3 Å². The Balaban J connectivity index is 1.91. The molecule has 106 valence electrons. The molecule has 3 rings (SSSR count). The van der Waals surface area contributed by atoms with Crippen LogP contribution in [0.2, 0.25) is 0 Å². The maximum atomic E-state index is 12.5. The largest absolute Gasteiger partial charge is 0.507 e. The molecule has 0 unspecified atom stereocenters. The summed E-state index contributed by atoms with van der Waals surface area (Å²) in [5, 5.41) is 18.5. The number of nitrogens with zero attached hydrogens (tertiary/aromatic N) is 2. The van der Waals surface area contributed by atoms with Crippen LogP contribution in [0.1, 0.15) is 15.9 Å². The Hall–Kier alpha value is -2.82. The number of carbonyl (C=O) groups excluding carboxylic acids is 1. The number of aromatic amines is 1. The molecule has 1 amide bonds. The zero-order valence-corrected chi connectivity index (χ0v) is 11.6. The van der Waals surface area contributed by atoms with E-state index in [1.165, 1.54) is 0 Å². The Morgan fingerprint density at radius 3 is 2.67 bits per heavy atom. The third-order valence-electron chi connectivity index (χ3n) is 3.42. The summed E-state index contributed by atoms with van der Waals surface area (Å²) in [4.78, 5) is 14.0. The monoisotopic (exact) mass is 281 g/mol. The van der Waals surface area contributed by atoms with Crippen molar-refractivity contribution in [2.24, 2.45) is 0 Å². The Morgan fingerprint density at radius 1 is 1.29 bits per heavy atom. The fraction of sp³-hybridized carbons (Fsp3) is 0.125. The Morgan fingerprint density at radius 2 is 2.00 bits per heavy atom. The number of H-pyrrole nitrogens is 1. The van der Waals surface area contributed by atoms with Crippen LogP contribution < -0.4 is 0 Å². The molecule has 0 aliphatic heterocycles. The van der Waals surface area contributed by atoms with E-state index >= 15 is 0 Å². The minimum absolute atomic E-state index is 0.00209. The number of phenols is 1. The van der Waals surface area contributed by atoms with Gasteiger partial charge in [-0.15, -0.1) is 0 Å². The number of benzene rings is 2. The zero-order valence-electron chi connectivity index (χ0n) is 11.6. The maximum Gasteiger partial charge on any atom is 0.257 e. The molecule has 0 aliphatic carbocycles. The van der Waals surface area contributed by atoms with E-state index in [1.54, 1.807) is 36.5 Å². The van der Waals surface area contributed by atoms with Crippen molar-refractivity contribution >= 4 is 16.7 Å². The summed E-state index contributed by atoms with van der Waals surface area (Å²) in [6.45, 7) is 0.432. The summed E-state index contributed by atoms with van der Waals surface area (Å²) in [6, 6.07) is 11.0. The van der Waals surface area contributed by atoms with Gasteiger partial charge >= 0.3 is 0 Å². The number of nitrogens with one attached hydrogen (secondary N) is 1. The van der Waals surface area contributed by atoms with Gasteiger partial charge in [0.25, 0.3) is 5.91 Å². The number of aromatic nitrogens is 2. The van der Waals surface area contributed by atoms with Crippen LogP contribution in [0.4, 0.5) is 0 Å². The van der Waals surface area contributed by atoms with Crippen LogP contribution in [0.5, 0.6) is 5.75 Å². The first-order chi connectivity index (χ1) is 10.1. The standard InChI is InChI=1S/C16H15N3O2/c1-19(10-11-8-17-18-9-11)16(21)14-6-12-4-2-3-5-13(12)7-15(14)20/h2-9,20H,10H2,1H3,(H,17,18). The number of amides is 1. The van der Waals surface area contributed by atoms with Crippen molar-refractivity contribution in [2.75, 3.05) is 7.05 Å². The van der Waals surface area contributed by atoms with Crippen LogP contribution in [0, 0.1) is 0 Å². The minimum atomic E-state index is -0.223. The van der Waals surface area contributed by atoms with E-state index in [9.17, 15) is 9.90 Å². The van der Waals surface area contributed by atoms with Crippen molar-refractivity contribution in [3.05, 3.63) is 59.9 Å². The maximum absolute atomic E-state index is 12.5. The number of hydrogen-bond donors (Lipinski definition) is 2. The van der Waals surface area contributed by atoms with E-state index in [1.807, 2.05) is 24.3 Å². The topological polar surface area (TPSA) is 69.2 Å². The molecule has 0 saturated heterocycles. The molecule has 0 spiro atoms. The number of hydrogen-bond acceptors (Lipinski definition) is 3. The molecular formula is C16H15N3O2. The third-order valence-corrected chi connectivity index (χ3v) is 3.42. The summed E-state index contributed by atoms with van der Waals surface area (Å²) < 4.78 is 0. The van der Waals surface area contributed by atoms with Gasteiger partial charge in [0, 0.05) is 25.4 Å². The van der Waals surface area contributed by atoms with Crippen molar-refractivity contribution in [1.29, 1.82) is 0 Å². The van der Waals surface area contributed by atoms with Crippen LogP contribution in [0.25, 0.3) is 10.8 Å². The summed E-state index contributed by atoms with van der Waals surface area (Å²) in [6.07, 6.45) is 3.41. The average molecular weight is 281 g/mol. The smallest absolute Gasteiger partial charge is 0.257 e. The summed E-state index contributed by atoms with van der Waals surface area (Å²) in [5.74, 6) is -0.225. The first kappa shape index (κ1) is 13.2. The highest BCUT2D eigenvalue weighted by Crippen LogP contribution is 2.26. The average Bonchev–Trinajstić information content (AvgIpc) is 2.98. The van der Waals surface area contributed by atoms with Crippen LogP contribution in [-0.4, -0.2) is 33.2 Å². The molecule has 1 aromatic heterocycles. The lowest BCUT2D eigenvalue weighted by Gasteiger charge is -2.17. The Labute approximate surface area is 121 Å². The lowest BCUT2D eigenvalue weighted by Crippen LogP contribution is -2.26. The fourth-order valence-corrected chi connectivity index (χ4v) is 2.31. The predicted octanol–water partition coefficient (Wildman–Crippen LogP) is 2.54. The lowest BCUT2D eigenvalue weighted by molar-refractivity contribution is 0.0782. The van der Waals surface area contributed by atoms with Crippen molar-refractivity contribution in [3.8, 4) is 5.75 Å². The molecular weight excluding hydrogens is 266 g/mol.